The topological polar surface area (TPSA) is 78.6 Å². The Kier molecular flexibility index (Phi) is 7.03. The lowest BCUT2D eigenvalue weighted by molar-refractivity contribution is 0.0727. The van der Waals surface area contributed by atoms with Crippen molar-refractivity contribution >= 4 is 5.91 Å². The predicted octanol–water partition coefficient (Wildman–Crippen LogP) is 2.19. The van der Waals surface area contributed by atoms with Gasteiger partial charge in [0.25, 0.3) is 5.91 Å². The molecule has 1 heterocycles. The van der Waals surface area contributed by atoms with E-state index in [9.17, 15) is 4.79 Å². The van der Waals surface area contributed by atoms with Gasteiger partial charge in [-0.05, 0) is 40.3 Å². The quantitative estimate of drug-likeness (QED) is 0.731. The summed E-state index contributed by atoms with van der Waals surface area (Å²) in [6.07, 6.45) is 3.21. The normalized spacial score (nSPS) is 15.6. The zero-order valence-electron chi connectivity index (χ0n) is 14.3. The molecule has 0 radical (unpaired) electrons. The molecular formula is C16H29N3O3. The van der Waals surface area contributed by atoms with Crippen LogP contribution in [-0.4, -0.2) is 46.2 Å². The number of hydrogen-bond donors (Lipinski definition) is 2. The average Bonchev–Trinajstić information content (AvgIpc) is 3.00. The fourth-order valence-electron chi connectivity index (χ4n) is 2.48. The third-order valence-corrected chi connectivity index (χ3v) is 4.66. The van der Waals surface area contributed by atoms with Gasteiger partial charge in [0, 0.05) is 17.6 Å². The third-order valence-electron chi connectivity index (χ3n) is 4.66. The van der Waals surface area contributed by atoms with Crippen LogP contribution < -0.4 is 5.32 Å². The van der Waals surface area contributed by atoms with Crippen LogP contribution in [0.4, 0.5) is 0 Å². The number of unbranched alkanes of at least 4 members (excludes halogenated alkanes) is 1. The molecule has 6 nitrogen and oxygen atoms in total. The summed E-state index contributed by atoms with van der Waals surface area (Å²) in [6.45, 7) is 9.21. The van der Waals surface area contributed by atoms with Gasteiger partial charge in [0.2, 0.25) is 0 Å². The molecule has 0 aromatic carbocycles. The lowest BCUT2D eigenvalue weighted by Crippen LogP contribution is -2.58. The number of rotatable bonds is 9. The standard InChI is InChI=1S/C16H29N3O3/c1-6-8-9-19(5)16(4,7-2)12(3)17-15(21)14-10-13(11-20)22-18-14/h10,12,20H,6-9,11H2,1-5H3,(H,17,21). The van der Waals surface area contributed by atoms with Gasteiger partial charge < -0.3 is 14.9 Å². The fraction of sp³-hybridized carbons (Fsp3) is 0.750. The minimum Gasteiger partial charge on any atom is -0.388 e. The Hall–Kier alpha value is -1.40. The van der Waals surface area contributed by atoms with Crippen LogP contribution in [-0.2, 0) is 6.61 Å². The van der Waals surface area contributed by atoms with Gasteiger partial charge in [0.05, 0.1) is 0 Å². The molecule has 1 aromatic heterocycles. The van der Waals surface area contributed by atoms with E-state index < -0.39 is 0 Å². The summed E-state index contributed by atoms with van der Waals surface area (Å²) in [7, 11) is 2.10. The molecule has 6 heteroatoms. The van der Waals surface area contributed by atoms with E-state index in [1.54, 1.807) is 0 Å². The molecule has 126 valence electrons. The molecule has 2 atom stereocenters. The summed E-state index contributed by atoms with van der Waals surface area (Å²) in [6, 6.07) is 1.42. The smallest absolute Gasteiger partial charge is 0.273 e. The Morgan fingerprint density at radius 3 is 2.73 bits per heavy atom. The maximum absolute atomic E-state index is 12.2. The van der Waals surface area contributed by atoms with Crippen molar-refractivity contribution in [1.82, 2.24) is 15.4 Å². The highest BCUT2D eigenvalue weighted by Crippen LogP contribution is 2.23. The van der Waals surface area contributed by atoms with E-state index in [0.29, 0.717) is 0 Å². The summed E-state index contributed by atoms with van der Waals surface area (Å²) in [5, 5.41) is 15.6. The van der Waals surface area contributed by atoms with E-state index in [0.717, 1.165) is 25.8 Å². The highest BCUT2D eigenvalue weighted by atomic mass is 16.5. The average molecular weight is 311 g/mol. The molecule has 1 rings (SSSR count). The number of carbonyl (C=O) groups is 1. The Labute approximate surface area is 132 Å². The second kappa shape index (κ2) is 8.29. The van der Waals surface area contributed by atoms with Crippen molar-refractivity contribution in [3.05, 3.63) is 17.5 Å². The monoisotopic (exact) mass is 311 g/mol. The Balaban J connectivity index is 2.74. The maximum Gasteiger partial charge on any atom is 0.273 e. The van der Waals surface area contributed by atoms with Crippen molar-refractivity contribution in [2.45, 2.75) is 65.1 Å². The van der Waals surface area contributed by atoms with Crippen molar-refractivity contribution in [3.8, 4) is 0 Å². The predicted molar refractivity (Wildman–Crippen MR) is 85.6 cm³/mol. The molecule has 2 unspecified atom stereocenters. The van der Waals surface area contributed by atoms with E-state index in [4.69, 9.17) is 9.63 Å². The van der Waals surface area contributed by atoms with Gasteiger partial charge in [-0.3, -0.25) is 9.69 Å². The highest BCUT2D eigenvalue weighted by molar-refractivity contribution is 5.92. The van der Waals surface area contributed by atoms with Crippen LogP contribution in [0.1, 0.15) is 63.2 Å². The van der Waals surface area contributed by atoms with Crippen LogP contribution in [0.25, 0.3) is 0 Å². The van der Waals surface area contributed by atoms with E-state index >= 15 is 0 Å². The van der Waals surface area contributed by atoms with Gasteiger partial charge in [-0.25, -0.2) is 0 Å². The van der Waals surface area contributed by atoms with Gasteiger partial charge in [-0.1, -0.05) is 25.4 Å². The SMILES string of the molecule is CCCCN(C)C(C)(CC)C(C)NC(=O)c1cc(CO)on1. The van der Waals surface area contributed by atoms with E-state index in [-0.39, 0.29) is 35.5 Å². The summed E-state index contributed by atoms with van der Waals surface area (Å²) in [5.74, 6) is 0.00985. The molecule has 2 N–H and O–H groups in total. The van der Waals surface area contributed by atoms with Gasteiger partial charge in [-0.15, -0.1) is 0 Å². The molecule has 0 aliphatic heterocycles. The number of amides is 1. The van der Waals surface area contributed by atoms with E-state index in [2.05, 4.69) is 43.2 Å². The van der Waals surface area contributed by atoms with Crippen LogP contribution in [0.2, 0.25) is 0 Å². The number of hydrogen-bond acceptors (Lipinski definition) is 5. The molecule has 22 heavy (non-hydrogen) atoms. The van der Waals surface area contributed by atoms with Crippen molar-refractivity contribution in [2.75, 3.05) is 13.6 Å². The number of aliphatic hydroxyl groups excluding tert-OH is 1. The lowest BCUT2D eigenvalue weighted by Gasteiger charge is -2.43. The first kappa shape index (κ1) is 18.6. The molecule has 0 saturated heterocycles. The van der Waals surface area contributed by atoms with Gasteiger partial charge >= 0.3 is 0 Å². The van der Waals surface area contributed by atoms with Gasteiger partial charge in [0.1, 0.15) is 6.61 Å². The molecule has 0 saturated carbocycles. The van der Waals surface area contributed by atoms with E-state index in [1.807, 2.05) is 6.92 Å². The summed E-state index contributed by atoms with van der Waals surface area (Å²) < 4.78 is 4.86. The first-order valence-electron chi connectivity index (χ1n) is 7.97. The summed E-state index contributed by atoms with van der Waals surface area (Å²) >= 11 is 0. The largest absolute Gasteiger partial charge is 0.388 e. The van der Waals surface area contributed by atoms with Crippen molar-refractivity contribution < 1.29 is 14.4 Å². The van der Waals surface area contributed by atoms with Crippen LogP contribution in [0.3, 0.4) is 0 Å². The number of aliphatic hydroxyl groups is 1. The lowest BCUT2D eigenvalue weighted by atomic mass is 9.88. The molecule has 1 aromatic rings. The number of nitrogens with zero attached hydrogens (tertiary/aromatic N) is 2. The van der Waals surface area contributed by atoms with Crippen LogP contribution in [0, 0.1) is 0 Å². The van der Waals surface area contributed by atoms with Crippen LogP contribution >= 0.6 is 0 Å². The minimum absolute atomic E-state index is 0.0406. The maximum atomic E-state index is 12.2. The van der Waals surface area contributed by atoms with Crippen LogP contribution in [0.15, 0.2) is 10.6 Å². The molecule has 0 aliphatic rings. The molecular weight excluding hydrogens is 282 g/mol. The van der Waals surface area contributed by atoms with Crippen molar-refractivity contribution in [1.29, 1.82) is 0 Å². The molecule has 0 bridgehead atoms. The summed E-state index contributed by atoms with van der Waals surface area (Å²) in [4.78, 5) is 14.6. The number of carbonyl (C=O) groups excluding carboxylic acids is 1. The molecule has 1 amide bonds. The van der Waals surface area contributed by atoms with E-state index in [1.165, 1.54) is 6.07 Å². The zero-order chi connectivity index (χ0) is 16.8. The third kappa shape index (κ3) is 4.30. The number of likely N-dealkylation sites (N-methyl/N-ethyl adjacent to an activating group) is 1. The first-order chi connectivity index (χ1) is 10.4. The van der Waals surface area contributed by atoms with Gasteiger partial charge in [-0.2, -0.15) is 0 Å². The van der Waals surface area contributed by atoms with Crippen molar-refractivity contribution in [3.63, 3.8) is 0 Å². The molecule has 0 spiro atoms. The molecule has 0 aliphatic carbocycles. The first-order valence-corrected chi connectivity index (χ1v) is 7.97. The Bertz CT molecular complexity index is 475. The zero-order valence-corrected chi connectivity index (χ0v) is 14.3. The number of nitrogens with one attached hydrogen (secondary N) is 1. The fourth-order valence-corrected chi connectivity index (χ4v) is 2.48. The second-order valence-electron chi connectivity index (χ2n) is 6.02. The van der Waals surface area contributed by atoms with Gasteiger partial charge in [0.15, 0.2) is 11.5 Å². The Morgan fingerprint density at radius 1 is 1.55 bits per heavy atom. The molecule has 0 fully saturated rings. The Morgan fingerprint density at radius 2 is 2.23 bits per heavy atom. The number of aromatic nitrogens is 1. The van der Waals surface area contributed by atoms with Crippen LogP contribution in [0.5, 0.6) is 0 Å². The summed E-state index contributed by atoms with van der Waals surface area (Å²) in [5.41, 5.74) is 0.0690. The second-order valence-corrected chi connectivity index (χ2v) is 6.02. The minimum atomic E-state index is -0.278. The van der Waals surface area contributed by atoms with Crippen molar-refractivity contribution in [2.24, 2.45) is 0 Å². The highest BCUT2D eigenvalue weighted by Gasteiger charge is 2.34.